The molecule has 3 aliphatic rings. The molecule has 2 heterocycles. The summed E-state index contributed by atoms with van der Waals surface area (Å²) in [6.07, 6.45) is 3.84. The van der Waals surface area contributed by atoms with Gasteiger partial charge in [-0.05, 0) is 54.7 Å². The van der Waals surface area contributed by atoms with Gasteiger partial charge in [-0.15, -0.1) is 0 Å². The molecule has 1 aromatic rings. The molecule has 2 N–H and O–H groups in total. The molecule has 1 spiro atoms. The maximum absolute atomic E-state index is 13.1. The van der Waals surface area contributed by atoms with Gasteiger partial charge in [-0.3, -0.25) is 19.3 Å². The van der Waals surface area contributed by atoms with Crippen molar-refractivity contribution in [3.63, 3.8) is 0 Å². The number of imide groups is 1. The highest BCUT2D eigenvalue weighted by Gasteiger charge is 2.53. The van der Waals surface area contributed by atoms with Crippen LogP contribution < -0.4 is 20.1 Å². The van der Waals surface area contributed by atoms with E-state index in [1.807, 2.05) is 0 Å². The lowest BCUT2D eigenvalue weighted by molar-refractivity contribution is -0.151. The van der Waals surface area contributed by atoms with E-state index in [0.717, 1.165) is 29.7 Å². The van der Waals surface area contributed by atoms with Crippen molar-refractivity contribution in [2.24, 2.45) is 11.3 Å². The van der Waals surface area contributed by atoms with Crippen molar-refractivity contribution in [2.45, 2.75) is 65.0 Å². The summed E-state index contributed by atoms with van der Waals surface area (Å²) in [5, 5.41) is 5.47. The highest BCUT2D eigenvalue weighted by atomic mass is 16.7. The molecule has 0 bridgehead atoms. The van der Waals surface area contributed by atoms with E-state index >= 15 is 0 Å². The highest BCUT2D eigenvalue weighted by Crippen LogP contribution is 2.45. The number of carbonyl (C=O) groups excluding carboxylic acids is 4. The van der Waals surface area contributed by atoms with Gasteiger partial charge in [0, 0.05) is 6.54 Å². The predicted molar refractivity (Wildman–Crippen MR) is 124 cm³/mol. The largest absolute Gasteiger partial charge is 0.454 e. The summed E-state index contributed by atoms with van der Waals surface area (Å²) in [5.41, 5.74) is 0.0373. The van der Waals surface area contributed by atoms with Gasteiger partial charge in [-0.2, -0.15) is 0 Å². The van der Waals surface area contributed by atoms with Gasteiger partial charge in [0.25, 0.3) is 11.8 Å². The minimum absolute atomic E-state index is 0.164. The third-order valence-electron chi connectivity index (χ3n) is 7.68. The average molecular weight is 488 g/mol. The van der Waals surface area contributed by atoms with Crippen LogP contribution in [0.3, 0.4) is 0 Å². The Bertz CT molecular complexity index is 1010. The van der Waals surface area contributed by atoms with Gasteiger partial charge in [0.15, 0.2) is 18.1 Å². The van der Waals surface area contributed by atoms with Gasteiger partial charge in [-0.1, -0.05) is 33.3 Å². The highest BCUT2D eigenvalue weighted by molar-refractivity contribution is 6.08. The number of amides is 4. The number of carbonyl (C=O) groups is 4. The van der Waals surface area contributed by atoms with Gasteiger partial charge in [-0.25, -0.2) is 4.79 Å². The number of hydrogen-bond donors (Lipinski definition) is 2. The molecule has 4 rings (SSSR count). The molecule has 2 aliphatic heterocycles. The zero-order valence-electron chi connectivity index (χ0n) is 20.5. The molecule has 0 atom stereocenters. The molecule has 0 radical (unpaired) electrons. The molecule has 190 valence electrons. The number of ether oxygens (including phenoxy) is 3. The van der Waals surface area contributed by atoms with Gasteiger partial charge in [0.2, 0.25) is 6.79 Å². The Morgan fingerprint density at radius 2 is 1.91 bits per heavy atom. The van der Waals surface area contributed by atoms with Crippen LogP contribution in [0.25, 0.3) is 0 Å². The van der Waals surface area contributed by atoms with Crippen LogP contribution in [0.4, 0.5) is 4.79 Å². The molecular weight excluding hydrogens is 454 g/mol. The first kappa shape index (κ1) is 24.8. The van der Waals surface area contributed by atoms with Gasteiger partial charge < -0.3 is 24.8 Å². The molecule has 35 heavy (non-hydrogen) atoms. The first-order chi connectivity index (χ1) is 16.6. The molecule has 2 fully saturated rings. The first-order valence-corrected chi connectivity index (χ1v) is 12.1. The minimum atomic E-state index is -0.945. The standard InChI is InChI=1S/C25H33N3O7/c1-4-24(2,3)17-7-9-25(10-8-17)22(31)28(23(32)27-25)13-21(30)33-14-20(29)26-12-16-5-6-18-19(11-16)35-15-34-18/h5-6,11,17H,4,7-10,12-15H2,1-3H3,(H,26,29)(H,27,32). The molecule has 1 aliphatic carbocycles. The summed E-state index contributed by atoms with van der Waals surface area (Å²) in [5.74, 6) is 0.0369. The zero-order chi connectivity index (χ0) is 25.2. The fourth-order valence-electron chi connectivity index (χ4n) is 4.96. The maximum atomic E-state index is 13.1. The number of rotatable bonds is 8. The smallest absolute Gasteiger partial charge is 0.326 e. The Morgan fingerprint density at radius 1 is 1.20 bits per heavy atom. The van der Waals surface area contributed by atoms with Crippen LogP contribution in [0.5, 0.6) is 11.5 Å². The van der Waals surface area contributed by atoms with Crippen LogP contribution in [0.15, 0.2) is 18.2 Å². The number of urea groups is 1. The predicted octanol–water partition coefficient (Wildman–Crippen LogP) is 2.49. The zero-order valence-corrected chi connectivity index (χ0v) is 20.5. The average Bonchev–Trinajstić information content (AvgIpc) is 3.40. The van der Waals surface area contributed by atoms with Crippen molar-refractivity contribution in [2.75, 3.05) is 19.9 Å². The molecule has 1 saturated carbocycles. The van der Waals surface area contributed by atoms with E-state index in [9.17, 15) is 19.2 Å². The van der Waals surface area contributed by atoms with Crippen molar-refractivity contribution in [1.29, 1.82) is 0 Å². The number of benzene rings is 1. The Kier molecular flexibility index (Phi) is 6.91. The van der Waals surface area contributed by atoms with E-state index in [2.05, 4.69) is 31.4 Å². The summed E-state index contributed by atoms with van der Waals surface area (Å²) in [6.45, 7) is 5.99. The van der Waals surface area contributed by atoms with Crippen LogP contribution in [-0.4, -0.2) is 54.2 Å². The maximum Gasteiger partial charge on any atom is 0.326 e. The lowest BCUT2D eigenvalue weighted by atomic mass is 9.65. The van der Waals surface area contributed by atoms with E-state index in [1.165, 1.54) is 0 Å². The summed E-state index contributed by atoms with van der Waals surface area (Å²) in [4.78, 5) is 50.8. The number of fused-ring (bicyclic) bond motifs is 1. The van der Waals surface area contributed by atoms with Gasteiger partial charge in [0.1, 0.15) is 12.1 Å². The number of nitrogens with zero attached hydrogens (tertiary/aromatic N) is 1. The fourth-order valence-corrected chi connectivity index (χ4v) is 4.96. The quantitative estimate of drug-likeness (QED) is 0.427. The molecule has 10 heteroatoms. The van der Waals surface area contributed by atoms with E-state index in [1.54, 1.807) is 18.2 Å². The van der Waals surface area contributed by atoms with Gasteiger partial charge >= 0.3 is 12.0 Å². The van der Waals surface area contributed by atoms with Crippen LogP contribution in [0, 0.1) is 11.3 Å². The number of nitrogens with one attached hydrogen (secondary N) is 2. The molecular formula is C25H33N3O7. The first-order valence-electron chi connectivity index (χ1n) is 12.1. The van der Waals surface area contributed by atoms with Crippen molar-refractivity contribution in [3.05, 3.63) is 23.8 Å². The molecule has 1 saturated heterocycles. The molecule has 1 aromatic carbocycles. The van der Waals surface area contributed by atoms with E-state index in [4.69, 9.17) is 14.2 Å². The Balaban J connectivity index is 1.23. The lowest BCUT2D eigenvalue weighted by Gasteiger charge is -2.42. The molecule has 0 aromatic heterocycles. The Morgan fingerprint density at radius 3 is 2.63 bits per heavy atom. The second kappa shape index (κ2) is 9.75. The van der Waals surface area contributed by atoms with Crippen LogP contribution in [0.1, 0.15) is 58.4 Å². The van der Waals surface area contributed by atoms with E-state index in [0.29, 0.717) is 30.3 Å². The number of hydrogen-bond acceptors (Lipinski definition) is 7. The summed E-state index contributed by atoms with van der Waals surface area (Å²) < 4.78 is 15.6. The molecule has 0 unspecified atom stereocenters. The Hall–Kier alpha value is -3.30. The normalized spacial score (nSPS) is 23.4. The topological polar surface area (TPSA) is 123 Å². The van der Waals surface area contributed by atoms with Crippen LogP contribution in [0.2, 0.25) is 0 Å². The molecule has 10 nitrogen and oxygen atoms in total. The summed E-state index contributed by atoms with van der Waals surface area (Å²) in [6, 6.07) is 4.72. The second-order valence-electron chi connectivity index (χ2n) is 10.1. The molecule has 4 amide bonds. The third-order valence-corrected chi connectivity index (χ3v) is 7.68. The lowest BCUT2D eigenvalue weighted by Crippen LogP contribution is -2.51. The van der Waals surface area contributed by atoms with Crippen molar-refractivity contribution < 1.29 is 33.4 Å². The van der Waals surface area contributed by atoms with Crippen molar-refractivity contribution >= 4 is 23.8 Å². The van der Waals surface area contributed by atoms with Crippen LogP contribution >= 0.6 is 0 Å². The monoisotopic (exact) mass is 487 g/mol. The van der Waals surface area contributed by atoms with Gasteiger partial charge in [0.05, 0.1) is 0 Å². The van der Waals surface area contributed by atoms with E-state index in [-0.39, 0.29) is 24.7 Å². The summed E-state index contributed by atoms with van der Waals surface area (Å²) in [7, 11) is 0. The summed E-state index contributed by atoms with van der Waals surface area (Å²) >= 11 is 0. The fraction of sp³-hybridized carbons (Fsp3) is 0.600. The van der Waals surface area contributed by atoms with Crippen molar-refractivity contribution in [1.82, 2.24) is 15.5 Å². The number of esters is 1. The van der Waals surface area contributed by atoms with E-state index < -0.39 is 36.6 Å². The Labute approximate surface area is 204 Å². The van der Waals surface area contributed by atoms with Crippen LogP contribution in [-0.2, 0) is 25.7 Å². The minimum Gasteiger partial charge on any atom is -0.454 e. The second-order valence-corrected chi connectivity index (χ2v) is 10.1. The third kappa shape index (κ3) is 5.21. The SMILES string of the molecule is CCC(C)(C)C1CCC2(CC1)NC(=O)N(CC(=O)OCC(=O)NCc1ccc3c(c1)OCO3)C2=O. The van der Waals surface area contributed by atoms with Crippen molar-refractivity contribution in [3.8, 4) is 11.5 Å².